The molecule has 1 aliphatic heterocycles. The lowest BCUT2D eigenvalue weighted by atomic mass is 9.81. The SMILES string of the molecule is CCOc1cccc(S(=O)(=O)N2C[C@@H]3CCC[C@@]3(C(=O)O)C2)c1. The predicted molar refractivity (Wildman–Crippen MR) is 83.8 cm³/mol. The molecule has 0 aromatic heterocycles. The van der Waals surface area contributed by atoms with Crippen LogP contribution in [0.5, 0.6) is 5.75 Å². The second-order valence-electron chi connectivity index (χ2n) is 6.26. The second-order valence-corrected chi connectivity index (χ2v) is 8.19. The van der Waals surface area contributed by atoms with Crippen LogP contribution >= 0.6 is 0 Å². The van der Waals surface area contributed by atoms with Crippen molar-refractivity contribution in [2.24, 2.45) is 11.3 Å². The van der Waals surface area contributed by atoms with Crippen molar-refractivity contribution in [3.63, 3.8) is 0 Å². The molecule has 0 bridgehead atoms. The van der Waals surface area contributed by atoms with Crippen molar-refractivity contribution in [1.82, 2.24) is 4.31 Å². The van der Waals surface area contributed by atoms with Gasteiger partial charge in [-0.2, -0.15) is 4.31 Å². The zero-order chi connectivity index (χ0) is 16.7. The van der Waals surface area contributed by atoms with Crippen molar-refractivity contribution < 1.29 is 23.1 Å². The van der Waals surface area contributed by atoms with Gasteiger partial charge < -0.3 is 9.84 Å². The molecular weight excluding hydrogens is 318 g/mol. The lowest BCUT2D eigenvalue weighted by Crippen LogP contribution is -2.37. The minimum atomic E-state index is -3.70. The molecule has 1 aromatic carbocycles. The third-order valence-corrected chi connectivity index (χ3v) is 6.83. The highest BCUT2D eigenvalue weighted by atomic mass is 32.2. The van der Waals surface area contributed by atoms with Gasteiger partial charge in [0.15, 0.2) is 0 Å². The van der Waals surface area contributed by atoms with E-state index in [1.54, 1.807) is 12.1 Å². The fraction of sp³-hybridized carbons (Fsp3) is 0.562. The standard InChI is InChI=1S/C16H21NO5S/c1-2-22-13-6-3-7-14(9-13)23(20,21)17-10-12-5-4-8-16(12,11-17)15(18)19/h3,6-7,9,12H,2,4-5,8,10-11H2,1H3,(H,18,19)/t12-,16+/m0/s1. The lowest BCUT2D eigenvalue weighted by Gasteiger charge is -2.23. The Balaban J connectivity index is 1.90. The van der Waals surface area contributed by atoms with Gasteiger partial charge in [0.05, 0.1) is 16.9 Å². The highest BCUT2D eigenvalue weighted by Gasteiger charge is 2.57. The smallest absolute Gasteiger partial charge is 0.311 e. The fourth-order valence-electron chi connectivity index (χ4n) is 3.82. The van der Waals surface area contributed by atoms with Gasteiger partial charge in [-0.05, 0) is 37.8 Å². The van der Waals surface area contributed by atoms with Gasteiger partial charge >= 0.3 is 5.97 Å². The highest BCUT2D eigenvalue weighted by Crippen LogP contribution is 2.50. The first kappa shape index (κ1) is 16.3. The zero-order valence-corrected chi connectivity index (χ0v) is 13.9. The number of fused-ring (bicyclic) bond motifs is 1. The van der Waals surface area contributed by atoms with E-state index in [1.807, 2.05) is 6.92 Å². The summed E-state index contributed by atoms with van der Waals surface area (Å²) in [6.45, 7) is 2.64. The van der Waals surface area contributed by atoms with Crippen molar-refractivity contribution in [3.8, 4) is 5.75 Å². The third kappa shape index (κ3) is 2.61. The van der Waals surface area contributed by atoms with Crippen LogP contribution in [0.3, 0.4) is 0 Å². The van der Waals surface area contributed by atoms with Gasteiger partial charge in [0.1, 0.15) is 5.75 Å². The predicted octanol–water partition coefficient (Wildman–Crippen LogP) is 1.96. The average Bonchev–Trinajstić information content (AvgIpc) is 3.06. The first-order valence-electron chi connectivity index (χ1n) is 7.86. The van der Waals surface area contributed by atoms with Crippen LogP contribution in [0, 0.1) is 11.3 Å². The summed E-state index contributed by atoms with van der Waals surface area (Å²) in [7, 11) is -3.70. The number of rotatable bonds is 5. The van der Waals surface area contributed by atoms with Crippen LogP contribution in [0.1, 0.15) is 26.2 Å². The largest absolute Gasteiger partial charge is 0.494 e. The van der Waals surface area contributed by atoms with Crippen molar-refractivity contribution >= 4 is 16.0 Å². The number of nitrogens with zero attached hydrogens (tertiary/aromatic N) is 1. The van der Waals surface area contributed by atoms with Crippen LogP contribution in [-0.4, -0.2) is 43.5 Å². The van der Waals surface area contributed by atoms with Crippen LogP contribution in [0.25, 0.3) is 0 Å². The van der Waals surface area contributed by atoms with Gasteiger partial charge in [-0.25, -0.2) is 8.42 Å². The number of hydrogen-bond acceptors (Lipinski definition) is 4. The molecule has 1 aromatic rings. The van der Waals surface area contributed by atoms with Crippen molar-refractivity contribution in [1.29, 1.82) is 0 Å². The Kier molecular flexibility index (Phi) is 4.10. The number of benzene rings is 1. The van der Waals surface area contributed by atoms with Gasteiger partial charge in [0, 0.05) is 19.2 Å². The maximum Gasteiger partial charge on any atom is 0.311 e. The Morgan fingerprint density at radius 1 is 1.48 bits per heavy atom. The minimum Gasteiger partial charge on any atom is -0.494 e. The lowest BCUT2D eigenvalue weighted by molar-refractivity contribution is -0.149. The maximum atomic E-state index is 12.9. The summed E-state index contributed by atoms with van der Waals surface area (Å²) < 4.78 is 32.4. The molecule has 1 N–H and O–H groups in total. The first-order chi connectivity index (χ1) is 10.9. The van der Waals surface area contributed by atoms with Crippen LogP contribution < -0.4 is 4.74 Å². The van der Waals surface area contributed by atoms with Crippen molar-refractivity contribution in [3.05, 3.63) is 24.3 Å². The molecule has 2 atom stereocenters. The second kappa shape index (κ2) is 5.79. The summed E-state index contributed by atoms with van der Waals surface area (Å²) in [6.07, 6.45) is 2.18. The van der Waals surface area contributed by atoms with Crippen LogP contribution in [0.4, 0.5) is 0 Å². The van der Waals surface area contributed by atoms with Gasteiger partial charge in [0.25, 0.3) is 0 Å². The van der Waals surface area contributed by atoms with E-state index in [9.17, 15) is 18.3 Å². The van der Waals surface area contributed by atoms with Crippen LogP contribution in [-0.2, 0) is 14.8 Å². The molecule has 1 heterocycles. The maximum absolute atomic E-state index is 12.9. The van der Waals surface area contributed by atoms with E-state index in [-0.39, 0.29) is 23.9 Å². The summed E-state index contributed by atoms with van der Waals surface area (Å²) >= 11 is 0. The molecule has 0 radical (unpaired) electrons. The number of sulfonamides is 1. The summed E-state index contributed by atoms with van der Waals surface area (Å²) in [5.74, 6) is -0.466. The molecule has 6 nitrogen and oxygen atoms in total. The number of carbonyl (C=O) groups is 1. The van der Waals surface area contributed by atoms with E-state index in [1.165, 1.54) is 16.4 Å². The quantitative estimate of drug-likeness (QED) is 0.886. The first-order valence-corrected chi connectivity index (χ1v) is 9.30. The monoisotopic (exact) mass is 339 g/mol. The molecule has 0 unspecified atom stereocenters. The Labute approximate surface area is 136 Å². The summed E-state index contributed by atoms with van der Waals surface area (Å²) in [5.41, 5.74) is -0.912. The molecule has 3 rings (SSSR count). The fourth-order valence-corrected chi connectivity index (χ4v) is 5.41. The molecule has 1 saturated carbocycles. The third-order valence-electron chi connectivity index (χ3n) is 5.02. The van der Waals surface area contributed by atoms with Crippen molar-refractivity contribution in [2.75, 3.05) is 19.7 Å². The molecule has 23 heavy (non-hydrogen) atoms. The molecule has 2 fully saturated rings. The number of hydrogen-bond donors (Lipinski definition) is 1. The molecule has 7 heteroatoms. The van der Waals surface area contributed by atoms with E-state index >= 15 is 0 Å². The normalized spacial score (nSPS) is 27.8. The van der Waals surface area contributed by atoms with Gasteiger partial charge in [-0.15, -0.1) is 0 Å². The van der Waals surface area contributed by atoms with Gasteiger partial charge in [0.2, 0.25) is 10.0 Å². The number of carboxylic acids is 1. The summed E-state index contributed by atoms with van der Waals surface area (Å²) in [6, 6.07) is 6.38. The molecule has 0 spiro atoms. The molecule has 1 aliphatic carbocycles. The Morgan fingerprint density at radius 2 is 2.26 bits per heavy atom. The number of carboxylic acid groups (broad SMARTS) is 1. The van der Waals surface area contributed by atoms with E-state index in [0.29, 0.717) is 18.8 Å². The molecule has 1 saturated heterocycles. The van der Waals surface area contributed by atoms with Gasteiger partial charge in [-0.1, -0.05) is 12.5 Å². The molecule has 126 valence electrons. The Hall–Kier alpha value is -1.60. The minimum absolute atomic E-state index is 0.0637. The highest BCUT2D eigenvalue weighted by molar-refractivity contribution is 7.89. The van der Waals surface area contributed by atoms with E-state index in [4.69, 9.17) is 4.74 Å². The van der Waals surface area contributed by atoms with Crippen LogP contribution in [0.2, 0.25) is 0 Å². The summed E-state index contributed by atoms with van der Waals surface area (Å²) in [5, 5.41) is 9.60. The zero-order valence-electron chi connectivity index (χ0n) is 13.1. The van der Waals surface area contributed by atoms with Crippen molar-refractivity contribution in [2.45, 2.75) is 31.1 Å². The molecule has 0 amide bonds. The Morgan fingerprint density at radius 3 is 2.91 bits per heavy atom. The number of aliphatic carboxylic acids is 1. The Bertz CT molecular complexity index is 717. The van der Waals surface area contributed by atoms with E-state index < -0.39 is 21.4 Å². The molecular formula is C16H21NO5S. The molecule has 2 aliphatic rings. The van der Waals surface area contributed by atoms with Crippen LogP contribution in [0.15, 0.2) is 29.2 Å². The summed E-state index contributed by atoms with van der Waals surface area (Å²) in [4.78, 5) is 11.9. The topological polar surface area (TPSA) is 83.9 Å². The van der Waals surface area contributed by atoms with E-state index in [0.717, 1.165) is 12.8 Å². The number of ether oxygens (including phenoxy) is 1. The van der Waals surface area contributed by atoms with E-state index in [2.05, 4.69) is 0 Å². The van der Waals surface area contributed by atoms with Gasteiger partial charge in [-0.3, -0.25) is 4.79 Å². The average molecular weight is 339 g/mol.